The van der Waals surface area contributed by atoms with Crippen molar-refractivity contribution in [2.24, 2.45) is 5.92 Å². The molecule has 1 heterocycles. The molecule has 1 N–H and O–H groups in total. The number of likely N-dealkylation sites (tertiary alicyclic amines) is 1. The maximum atomic E-state index is 14.6. The van der Waals surface area contributed by atoms with Gasteiger partial charge in [-0.1, -0.05) is 41.4 Å². The number of piperidine rings is 1. The van der Waals surface area contributed by atoms with Crippen LogP contribution in [0.25, 0.3) is 0 Å². The molecule has 2 saturated carbocycles. The van der Waals surface area contributed by atoms with Gasteiger partial charge in [-0.25, -0.2) is 4.79 Å². The number of aryl methyl sites for hydroxylation is 2. The van der Waals surface area contributed by atoms with Crippen molar-refractivity contribution < 1.29 is 38.4 Å². The van der Waals surface area contributed by atoms with Crippen LogP contribution < -0.4 is 14.2 Å². The smallest absolute Gasteiger partial charge is 0.407 e. The highest BCUT2D eigenvalue weighted by atomic mass is 35.5. The second-order valence-electron chi connectivity index (χ2n) is 14.5. The predicted molar refractivity (Wildman–Crippen MR) is 208 cm³/mol. The van der Waals surface area contributed by atoms with Crippen molar-refractivity contribution in [1.82, 2.24) is 9.80 Å². The number of halogens is 2. The quantitative estimate of drug-likeness (QED) is 0.114. The van der Waals surface area contributed by atoms with Crippen LogP contribution in [0.4, 0.5) is 4.79 Å². The first-order chi connectivity index (χ1) is 26.2. The summed E-state index contributed by atoms with van der Waals surface area (Å²) in [5, 5.41) is 10.9. The van der Waals surface area contributed by atoms with Crippen molar-refractivity contribution in [2.75, 3.05) is 52.7 Å². The lowest BCUT2D eigenvalue weighted by Crippen LogP contribution is -2.49. The summed E-state index contributed by atoms with van der Waals surface area (Å²) in [6.07, 6.45) is 5.73. The molecule has 0 aromatic heterocycles. The number of amides is 2. The van der Waals surface area contributed by atoms with E-state index in [1.54, 1.807) is 12.1 Å². The highest BCUT2D eigenvalue weighted by molar-refractivity contribution is 6.37. The highest BCUT2D eigenvalue weighted by Gasteiger charge is 2.42. The largest absolute Gasteiger partial charge is 0.491 e. The van der Waals surface area contributed by atoms with Crippen LogP contribution >= 0.6 is 23.2 Å². The summed E-state index contributed by atoms with van der Waals surface area (Å²) in [6.45, 7) is 7.77. The van der Waals surface area contributed by atoms with Gasteiger partial charge in [0.1, 0.15) is 31.3 Å². The number of rotatable bonds is 20. The van der Waals surface area contributed by atoms with E-state index in [0.717, 1.165) is 66.5 Å². The molecule has 2 aliphatic carbocycles. The number of ether oxygens (including phenoxy) is 5. The number of nitrogens with zero attached hydrogens (tertiary/aromatic N) is 2. The first-order valence-corrected chi connectivity index (χ1v) is 20.0. The van der Waals surface area contributed by atoms with E-state index in [-0.39, 0.29) is 37.6 Å². The average Bonchev–Trinajstić information content (AvgIpc) is 4.09. The molecule has 10 nitrogen and oxygen atoms in total. The Morgan fingerprint density at radius 2 is 1.52 bits per heavy atom. The number of benzene rings is 3. The topological polar surface area (TPSA) is 107 Å². The lowest BCUT2D eigenvalue weighted by atomic mass is 9.79. The van der Waals surface area contributed by atoms with Crippen molar-refractivity contribution in [2.45, 2.75) is 83.4 Å². The summed E-state index contributed by atoms with van der Waals surface area (Å²) in [7, 11) is 0. The fourth-order valence-corrected chi connectivity index (χ4v) is 7.78. The number of carbonyl (C=O) groups excluding carboxylic acids is 1. The summed E-state index contributed by atoms with van der Waals surface area (Å²) < 4.78 is 29.3. The zero-order chi connectivity index (χ0) is 38.0. The Bertz CT molecular complexity index is 1690. The van der Waals surface area contributed by atoms with Crippen LogP contribution in [-0.2, 0) is 27.2 Å². The van der Waals surface area contributed by atoms with Gasteiger partial charge in [0.15, 0.2) is 5.75 Å². The molecule has 2 amide bonds. The molecule has 3 aromatic carbocycles. The normalized spacial score (nSPS) is 18.3. The second kappa shape index (κ2) is 19.2. The summed E-state index contributed by atoms with van der Waals surface area (Å²) >= 11 is 12.6. The molecule has 54 heavy (non-hydrogen) atoms. The lowest BCUT2D eigenvalue weighted by molar-refractivity contribution is -0.139. The van der Waals surface area contributed by atoms with Gasteiger partial charge < -0.3 is 38.6 Å². The number of hydrogen-bond donors (Lipinski definition) is 1. The van der Waals surface area contributed by atoms with E-state index in [9.17, 15) is 14.7 Å². The van der Waals surface area contributed by atoms with E-state index < -0.39 is 12.0 Å². The first-order valence-electron chi connectivity index (χ1n) is 19.2. The molecule has 0 radical (unpaired) electrons. The molecule has 2 atom stereocenters. The Hall–Kier alpha value is -3.70. The molecule has 0 bridgehead atoms. The molecular weight excluding hydrogens is 731 g/mol. The number of carbonyl (C=O) groups is 2. The number of hydrogen-bond acceptors (Lipinski definition) is 7. The zero-order valence-corrected chi connectivity index (χ0v) is 32.8. The third-order valence-corrected chi connectivity index (χ3v) is 10.6. The van der Waals surface area contributed by atoms with Crippen LogP contribution in [-0.4, -0.2) is 91.8 Å². The fourth-order valence-electron chi connectivity index (χ4n) is 7.08. The van der Waals surface area contributed by atoms with Crippen molar-refractivity contribution in [3.8, 4) is 17.2 Å². The Balaban J connectivity index is 1.13. The number of carboxylic acid groups (broad SMARTS) is 1. The fraction of sp³-hybridized carbons (Fsp3) is 0.524. The van der Waals surface area contributed by atoms with Gasteiger partial charge in [-0.3, -0.25) is 4.79 Å². The van der Waals surface area contributed by atoms with E-state index in [1.807, 2.05) is 49.1 Å². The summed E-state index contributed by atoms with van der Waals surface area (Å²) in [5.74, 6) is 1.18. The van der Waals surface area contributed by atoms with Crippen LogP contribution in [0.5, 0.6) is 17.2 Å². The average molecular weight is 784 g/mol. The van der Waals surface area contributed by atoms with Crippen molar-refractivity contribution in [3.05, 3.63) is 86.9 Å². The molecule has 1 saturated heterocycles. The van der Waals surface area contributed by atoms with Gasteiger partial charge in [-0.05, 0) is 123 Å². The van der Waals surface area contributed by atoms with E-state index in [0.29, 0.717) is 73.6 Å². The monoisotopic (exact) mass is 782 g/mol. The van der Waals surface area contributed by atoms with E-state index >= 15 is 0 Å². The minimum atomic E-state index is -1.00. The third kappa shape index (κ3) is 11.4. The molecule has 1 aliphatic heterocycles. The lowest BCUT2D eigenvalue weighted by Gasteiger charge is -2.39. The SMILES string of the molecule is CCOCCCc1cc(CN(C(=O)[C@H]2CN(C(=O)O)CC[C@@H]2c2ccc(OCCOc3c(Cl)cc(C)cc3Cl)cc2)C2CC2)cc(OCCOC2CC2)c1. The maximum Gasteiger partial charge on any atom is 0.407 e. The van der Waals surface area contributed by atoms with Crippen LogP contribution in [0.2, 0.25) is 10.0 Å². The Morgan fingerprint density at radius 3 is 2.20 bits per heavy atom. The van der Waals surface area contributed by atoms with Crippen LogP contribution in [0.15, 0.2) is 54.6 Å². The Kier molecular flexibility index (Phi) is 14.2. The molecule has 3 aromatic rings. The Morgan fingerprint density at radius 1 is 0.833 bits per heavy atom. The van der Waals surface area contributed by atoms with Gasteiger partial charge in [-0.15, -0.1) is 0 Å². The zero-order valence-electron chi connectivity index (χ0n) is 31.3. The second-order valence-corrected chi connectivity index (χ2v) is 15.3. The molecule has 292 valence electrons. The summed E-state index contributed by atoms with van der Waals surface area (Å²) in [4.78, 5) is 30.2. The van der Waals surface area contributed by atoms with Crippen molar-refractivity contribution in [3.63, 3.8) is 0 Å². The van der Waals surface area contributed by atoms with E-state index in [4.69, 9.17) is 46.9 Å². The van der Waals surface area contributed by atoms with Crippen molar-refractivity contribution in [1.29, 1.82) is 0 Å². The van der Waals surface area contributed by atoms with Gasteiger partial charge in [0, 0.05) is 38.9 Å². The molecular formula is C42H52Cl2N2O8. The predicted octanol–water partition coefficient (Wildman–Crippen LogP) is 8.56. The van der Waals surface area contributed by atoms with Crippen LogP contribution in [0.3, 0.4) is 0 Å². The van der Waals surface area contributed by atoms with E-state index in [2.05, 4.69) is 12.1 Å². The van der Waals surface area contributed by atoms with Crippen LogP contribution in [0.1, 0.15) is 73.6 Å². The van der Waals surface area contributed by atoms with Crippen molar-refractivity contribution >= 4 is 35.2 Å². The minimum Gasteiger partial charge on any atom is -0.491 e. The molecule has 0 unspecified atom stereocenters. The van der Waals surface area contributed by atoms with Gasteiger partial charge in [-0.2, -0.15) is 0 Å². The molecule has 12 heteroatoms. The van der Waals surface area contributed by atoms with Gasteiger partial charge in [0.05, 0.1) is 28.7 Å². The van der Waals surface area contributed by atoms with Gasteiger partial charge >= 0.3 is 6.09 Å². The summed E-state index contributed by atoms with van der Waals surface area (Å²) in [5.41, 5.74) is 4.07. The minimum absolute atomic E-state index is 0.0126. The molecule has 3 fully saturated rings. The van der Waals surface area contributed by atoms with Crippen LogP contribution in [0, 0.1) is 12.8 Å². The van der Waals surface area contributed by atoms with Gasteiger partial charge in [0.2, 0.25) is 5.91 Å². The standard InChI is InChI=1S/C42H52Cl2N2O8/c1-3-50-16-4-5-29-23-30(25-35(24-29)53-18-17-51-34-12-13-34)26-46(32-8-9-32)41(47)37-27-45(42(48)49)15-14-36(37)31-6-10-33(11-7-31)52-19-20-54-40-38(43)21-28(2)22-39(40)44/h6-7,10-11,21-25,32,34,36-37H,3-5,8-9,12-20,26-27H2,1-2H3,(H,48,49)/t36-,37+/m1/s1. The molecule has 0 spiro atoms. The van der Waals surface area contributed by atoms with E-state index in [1.165, 1.54) is 4.90 Å². The molecule has 6 rings (SSSR count). The highest BCUT2D eigenvalue weighted by Crippen LogP contribution is 2.39. The first kappa shape index (κ1) is 40.0. The maximum absolute atomic E-state index is 14.6. The third-order valence-electron chi connectivity index (χ3n) is 10.1. The van der Waals surface area contributed by atoms with Gasteiger partial charge in [0.25, 0.3) is 0 Å². The Labute approximate surface area is 328 Å². The summed E-state index contributed by atoms with van der Waals surface area (Å²) in [6, 6.07) is 17.7. The molecule has 3 aliphatic rings.